The Bertz CT molecular complexity index is 526. The molecule has 100 valence electrons. The molecule has 1 atom stereocenters. The molecule has 0 fully saturated rings. The summed E-state index contributed by atoms with van der Waals surface area (Å²) in [6.45, 7) is 5.38. The number of nitrogens with one attached hydrogen (secondary N) is 1. The van der Waals surface area contributed by atoms with E-state index in [1.165, 1.54) is 11.1 Å². The molecule has 2 aromatic rings. The molecule has 3 heteroatoms. The van der Waals surface area contributed by atoms with Gasteiger partial charge >= 0.3 is 0 Å². The van der Waals surface area contributed by atoms with Gasteiger partial charge in [-0.15, -0.1) is 0 Å². The van der Waals surface area contributed by atoms with Crippen LogP contribution >= 0.6 is 0 Å². The van der Waals surface area contributed by atoms with Gasteiger partial charge < -0.3 is 10.4 Å². The van der Waals surface area contributed by atoms with Gasteiger partial charge in [0.1, 0.15) is 0 Å². The summed E-state index contributed by atoms with van der Waals surface area (Å²) in [6, 6.07) is 10.1. The van der Waals surface area contributed by atoms with Crippen LogP contribution in [0.1, 0.15) is 28.4 Å². The van der Waals surface area contributed by atoms with Crippen LogP contribution in [0.2, 0.25) is 0 Å². The average Bonchev–Trinajstić information content (AvgIpc) is 2.39. The minimum atomic E-state index is -0.470. The number of benzene rings is 1. The van der Waals surface area contributed by atoms with E-state index in [1.54, 1.807) is 12.4 Å². The summed E-state index contributed by atoms with van der Waals surface area (Å²) in [4.78, 5) is 3.98. The van der Waals surface area contributed by atoms with E-state index in [4.69, 9.17) is 0 Å². The molecule has 0 aliphatic rings. The fourth-order valence-corrected chi connectivity index (χ4v) is 2.16. The first-order chi connectivity index (χ1) is 9.16. The summed E-state index contributed by atoms with van der Waals surface area (Å²) in [5, 5.41) is 13.5. The van der Waals surface area contributed by atoms with E-state index in [-0.39, 0.29) is 0 Å². The summed E-state index contributed by atoms with van der Waals surface area (Å²) in [5.74, 6) is 0. The van der Waals surface area contributed by atoms with Crippen molar-refractivity contribution >= 4 is 0 Å². The van der Waals surface area contributed by atoms with Crippen molar-refractivity contribution in [3.8, 4) is 0 Å². The van der Waals surface area contributed by atoms with Gasteiger partial charge in [0, 0.05) is 25.5 Å². The van der Waals surface area contributed by atoms with E-state index in [0.717, 1.165) is 17.7 Å². The van der Waals surface area contributed by atoms with Crippen LogP contribution in [0.3, 0.4) is 0 Å². The SMILES string of the molecule is Cc1ccc(C(O)CNCc2ccncc2)c(C)c1. The minimum absolute atomic E-state index is 0.470. The topological polar surface area (TPSA) is 45.1 Å². The van der Waals surface area contributed by atoms with Gasteiger partial charge in [-0.05, 0) is 42.7 Å². The molecule has 0 bridgehead atoms. The molecule has 1 aromatic heterocycles. The van der Waals surface area contributed by atoms with Gasteiger partial charge in [-0.1, -0.05) is 23.8 Å². The Hall–Kier alpha value is -1.71. The molecule has 0 aliphatic heterocycles. The zero-order valence-electron chi connectivity index (χ0n) is 11.4. The third kappa shape index (κ3) is 3.88. The summed E-state index contributed by atoms with van der Waals surface area (Å²) in [7, 11) is 0. The van der Waals surface area contributed by atoms with Crippen molar-refractivity contribution in [3.63, 3.8) is 0 Å². The number of aryl methyl sites for hydroxylation is 2. The van der Waals surface area contributed by atoms with E-state index in [0.29, 0.717) is 6.54 Å². The number of aliphatic hydroxyl groups is 1. The fraction of sp³-hybridized carbons (Fsp3) is 0.312. The van der Waals surface area contributed by atoms with E-state index < -0.39 is 6.10 Å². The van der Waals surface area contributed by atoms with Gasteiger partial charge in [-0.25, -0.2) is 0 Å². The molecule has 19 heavy (non-hydrogen) atoms. The van der Waals surface area contributed by atoms with Crippen molar-refractivity contribution in [1.29, 1.82) is 0 Å². The highest BCUT2D eigenvalue weighted by atomic mass is 16.3. The lowest BCUT2D eigenvalue weighted by molar-refractivity contribution is 0.173. The highest BCUT2D eigenvalue weighted by Gasteiger charge is 2.09. The Kier molecular flexibility index (Phi) is 4.66. The van der Waals surface area contributed by atoms with Crippen LogP contribution in [0.4, 0.5) is 0 Å². The predicted octanol–water partition coefficient (Wildman–Crippen LogP) is 2.52. The van der Waals surface area contributed by atoms with Crippen molar-refractivity contribution in [2.75, 3.05) is 6.54 Å². The maximum Gasteiger partial charge on any atom is 0.0917 e. The number of aromatic nitrogens is 1. The molecule has 1 unspecified atom stereocenters. The van der Waals surface area contributed by atoms with Crippen LogP contribution in [-0.4, -0.2) is 16.6 Å². The van der Waals surface area contributed by atoms with E-state index in [1.807, 2.05) is 31.2 Å². The zero-order valence-corrected chi connectivity index (χ0v) is 11.4. The van der Waals surface area contributed by atoms with Gasteiger partial charge in [0.15, 0.2) is 0 Å². The maximum atomic E-state index is 10.2. The average molecular weight is 256 g/mol. The summed E-state index contributed by atoms with van der Waals surface area (Å²) in [5.41, 5.74) is 4.52. The number of aliphatic hydroxyl groups excluding tert-OH is 1. The molecule has 2 N–H and O–H groups in total. The Morgan fingerprint density at radius 1 is 1.16 bits per heavy atom. The second-order valence-electron chi connectivity index (χ2n) is 4.86. The van der Waals surface area contributed by atoms with Crippen molar-refractivity contribution in [3.05, 3.63) is 65.0 Å². The van der Waals surface area contributed by atoms with Crippen LogP contribution in [-0.2, 0) is 6.54 Å². The quantitative estimate of drug-likeness (QED) is 0.864. The first kappa shape index (κ1) is 13.7. The smallest absolute Gasteiger partial charge is 0.0917 e. The molecule has 0 amide bonds. The standard InChI is InChI=1S/C16H20N2O/c1-12-3-4-15(13(2)9-12)16(19)11-18-10-14-5-7-17-8-6-14/h3-9,16,18-19H,10-11H2,1-2H3. The molecule has 0 aliphatic carbocycles. The monoisotopic (exact) mass is 256 g/mol. The first-order valence-corrected chi connectivity index (χ1v) is 6.51. The lowest BCUT2D eigenvalue weighted by Gasteiger charge is -2.15. The Labute approximate surface area is 114 Å². The van der Waals surface area contributed by atoms with Gasteiger partial charge in [-0.2, -0.15) is 0 Å². The molecule has 2 rings (SSSR count). The Morgan fingerprint density at radius 2 is 1.89 bits per heavy atom. The Morgan fingerprint density at radius 3 is 2.58 bits per heavy atom. The van der Waals surface area contributed by atoms with Crippen molar-refractivity contribution in [1.82, 2.24) is 10.3 Å². The normalized spacial score (nSPS) is 12.4. The van der Waals surface area contributed by atoms with Crippen LogP contribution in [0, 0.1) is 13.8 Å². The predicted molar refractivity (Wildman–Crippen MR) is 76.8 cm³/mol. The van der Waals surface area contributed by atoms with E-state index >= 15 is 0 Å². The minimum Gasteiger partial charge on any atom is -0.387 e. The second-order valence-corrected chi connectivity index (χ2v) is 4.86. The summed E-state index contributed by atoms with van der Waals surface area (Å²) in [6.07, 6.45) is 3.08. The number of rotatable bonds is 5. The highest BCUT2D eigenvalue weighted by Crippen LogP contribution is 2.18. The number of hydrogen-bond acceptors (Lipinski definition) is 3. The molecule has 0 spiro atoms. The third-order valence-corrected chi connectivity index (χ3v) is 3.20. The largest absolute Gasteiger partial charge is 0.387 e. The third-order valence-electron chi connectivity index (χ3n) is 3.20. The highest BCUT2D eigenvalue weighted by molar-refractivity contribution is 5.32. The molecule has 3 nitrogen and oxygen atoms in total. The van der Waals surface area contributed by atoms with Gasteiger partial charge in [0.05, 0.1) is 6.10 Å². The van der Waals surface area contributed by atoms with Crippen LogP contribution in [0.25, 0.3) is 0 Å². The number of nitrogens with zero attached hydrogens (tertiary/aromatic N) is 1. The lowest BCUT2D eigenvalue weighted by Crippen LogP contribution is -2.21. The Balaban J connectivity index is 1.89. The molecule has 1 heterocycles. The molecule has 0 radical (unpaired) electrons. The molecule has 0 saturated carbocycles. The van der Waals surface area contributed by atoms with Crippen LogP contribution in [0.15, 0.2) is 42.7 Å². The first-order valence-electron chi connectivity index (χ1n) is 6.51. The molecular weight excluding hydrogens is 236 g/mol. The summed E-state index contributed by atoms with van der Waals surface area (Å²) >= 11 is 0. The number of pyridine rings is 1. The van der Waals surface area contributed by atoms with Crippen molar-refractivity contribution in [2.24, 2.45) is 0 Å². The van der Waals surface area contributed by atoms with Crippen molar-refractivity contribution < 1.29 is 5.11 Å². The lowest BCUT2D eigenvalue weighted by atomic mass is 10.0. The van der Waals surface area contributed by atoms with Crippen LogP contribution < -0.4 is 5.32 Å². The molecular formula is C16H20N2O. The molecule has 1 aromatic carbocycles. The van der Waals surface area contributed by atoms with Gasteiger partial charge in [-0.3, -0.25) is 4.98 Å². The van der Waals surface area contributed by atoms with Gasteiger partial charge in [0.25, 0.3) is 0 Å². The number of hydrogen-bond donors (Lipinski definition) is 2. The van der Waals surface area contributed by atoms with E-state index in [9.17, 15) is 5.11 Å². The van der Waals surface area contributed by atoms with Gasteiger partial charge in [0.2, 0.25) is 0 Å². The van der Waals surface area contributed by atoms with Crippen LogP contribution in [0.5, 0.6) is 0 Å². The van der Waals surface area contributed by atoms with E-state index in [2.05, 4.69) is 23.3 Å². The van der Waals surface area contributed by atoms with Crippen molar-refractivity contribution in [2.45, 2.75) is 26.5 Å². The zero-order chi connectivity index (χ0) is 13.7. The summed E-state index contributed by atoms with van der Waals surface area (Å²) < 4.78 is 0. The fourth-order valence-electron chi connectivity index (χ4n) is 2.16. The maximum absolute atomic E-state index is 10.2. The second kappa shape index (κ2) is 6.45. The molecule has 0 saturated heterocycles.